The van der Waals surface area contributed by atoms with E-state index >= 15 is 0 Å². The molecule has 0 fully saturated rings. The molecule has 3 rings (SSSR count). The summed E-state index contributed by atoms with van der Waals surface area (Å²) in [4.78, 5) is 15.6. The van der Waals surface area contributed by atoms with Crippen molar-refractivity contribution in [2.75, 3.05) is 32.6 Å². The number of hydrogen-bond donors (Lipinski definition) is 1. The summed E-state index contributed by atoms with van der Waals surface area (Å²) < 4.78 is 6.86. The lowest BCUT2D eigenvalue weighted by molar-refractivity contribution is 0.273. The monoisotopic (exact) mass is 429 g/mol. The van der Waals surface area contributed by atoms with Gasteiger partial charge in [0.1, 0.15) is 11.6 Å². The molecule has 7 heteroatoms. The molecule has 0 amide bonds. The highest BCUT2D eigenvalue weighted by Crippen LogP contribution is 2.24. The predicted octanol–water partition coefficient (Wildman–Crippen LogP) is 4.04. The molecule has 6 nitrogen and oxygen atoms in total. The number of aromatic nitrogens is 3. The highest BCUT2D eigenvalue weighted by molar-refractivity contribution is 9.10. The van der Waals surface area contributed by atoms with Gasteiger partial charge in [0.05, 0.1) is 18.3 Å². The van der Waals surface area contributed by atoms with Crippen LogP contribution in [-0.4, -0.2) is 47.1 Å². The molecule has 1 N–H and O–H groups in total. The van der Waals surface area contributed by atoms with Crippen molar-refractivity contribution in [3.8, 4) is 5.88 Å². The van der Waals surface area contributed by atoms with Crippen LogP contribution in [0.1, 0.15) is 17.8 Å². The average molecular weight is 430 g/mol. The summed E-state index contributed by atoms with van der Waals surface area (Å²) in [7, 11) is 4.11. The van der Waals surface area contributed by atoms with Crippen LogP contribution in [0.2, 0.25) is 0 Å². The van der Waals surface area contributed by atoms with Crippen molar-refractivity contribution in [3.63, 3.8) is 0 Å². The zero-order chi connectivity index (χ0) is 19.2. The van der Waals surface area contributed by atoms with E-state index < -0.39 is 0 Å². The van der Waals surface area contributed by atoms with Gasteiger partial charge in [-0.3, -0.25) is 0 Å². The van der Waals surface area contributed by atoms with E-state index in [1.165, 1.54) is 5.56 Å². The Morgan fingerprint density at radius 1 is 1.19 bits per heavy atom. The second kappa shape index (κ2) is 9.10. The molecule has 0 bridgehead atoms. The fraction of sp³-hybridized carbons (Fsp3) is 0.350. The van der Waals surface area contributed by atoms with Crippen LogP contribution < -0.4 is 10.1 Å². The standard InChI is InChI=1S/C20H24BrN5O/c1-14-24-18-13-22-19(27-9-5-8-26(2)3)11-17(18)20(25-14)23-12-15-6-4-7-16(21)10-15/h4,6-7,10-11,13H,5,8-9,12H2,1-3H3,(H,23,24,25). The normalized spacial score (nSPS) is 11.1. The van der Waals surface area contributed by atoms with Crippen LogP contribution in [0.25, 0.3) is 10.9 Å². The van der Waals surface area contributed by atoms with E-state index in [1.807, 2.05) is 25.1 Å². The van der Waals surface area contributed by atoms with Gasteiger partial charge in [0.25, 0.3) is 0 Å². The van der Waals surface area contributed by atoms with Gasteiger partial charge in [-0.1, -0.05) is 28.1 Å². The van der Waals surface area contributed by atoms with E-state index in [4.69, 9.17) is 4.74 Å². The summed E-state index contributed by atoms with van der Waals surface area (Å²) in [6.45, 7) is 4.17. The minimum atomic E-state index is 0.596. The molecular weight excluding hydrogens is 406 g/mol. The first-order valence-electron chi connectivity index (χ1n) is 8.91. The van der Waals surface area contributed by atoms with Crippen molar-refractivity contribution in [1.29, 1.82) is 0 Å². The minimum Gasteiger partial charge on any atom is -0.478 e. The molecule has 0 unspecified atom stereocenters. The van der Waals surface area contributed by atoms with Crippen molar-refractivity contribution >= 4 is 32.7 Å². The SMILES string of the molecule is Cc1nc(NCc2cccc(Br)c2)c2cc(OCCCN(C)C)ncc2n1. The average Bonchev–Trinajstić information content (AvgIpc) is 2.63. The van der Waals surface area contributed by atoms with Crippen LogP contribution in [0.15, 0.2) is 41.0 Å². The van der Waals surface area contributed by atoms with Gasteiger partial charge in [-0.15, -0.1) is 0 Å². The summed E-state index contributed by atoms with van der Waals surface area (Å²) in [6, 6.07) is 10.1. The molecule has 142 valence electrons. The molecule has 0 aliphatic rings. The number of pyridine rings is 1. The molecule has 0 aliphatic heterocycles. The third-order valence-corrected chi connectivity index (χ3v) is 4.51. The van der Waals surface area contributed by atoms with Crippen LogP contribution in [0.4, 0.5) is 5.82 Å². The Morgan fingerprint density at radius 3 is 2.81 bits per heavy atom. The van der Waals surface area contributed by atoms with Gasteiger partial charge < -0.3 is 15.0 Å². The fourth-order valence-electron chi connectivity index (χ4n) is 2.73. The van der Waals surface area contributed by atoms with Crippen molar-refractivity contribution in [1.82, 2.24) is 19.9 Å². The zero-order valence-corrected chi connectivity index (χ0v) is 17.5. The van der Waals surface area contributed by atoms with Crippen LogP contribution in [0.3, 0.4) is 0 Å². The Balaban J connectivity index is 1.77. The summed E-state index contributed by atoms with van der Waals surface area (Å²) >= 11 is 3.51. The van der Waals surface area contributed by atoms with E-state index in [9.17, 15) is 0 Å². The van der Waals surface area contributed by atoms with Gasteiger partial charge in [0.2, 0.25) is 5.88 Å². The van der Waals surface area contributed by atoms with Crippen molar-refractivity contribution < 1.29 is 4.74 Å². The number of anilines is 1. The van der Waals surface area contributed by atoms with Crippen LogP contribution in [0, 0.1) is 6.92 Å². The second-order valence-corrected chi connectivity index (χ2v) is 7.56. The number of aryl methyl sites for hydroxylation is 1. The molecular formula is C20H24BrN5O. The topological polar surface area (TPSA) is 63.2 Å². The number of nitrogens with one attached hydrogen (secondary N) is 1. The van der Waals surface area contributed by atoms with Crippen LogP contribution >= 0.6 is 15.9 Å². The Morgan fingerprint density at radius 2 is 2.04 bits per heavy atom. The first-order valence-corrected chi connectivity index (χ1v) is 9.71. The third-order valence-electron chi connectivity index (χ3n) is 4.02. The quantitative estimate of drug-likeness (QED) is 0.545. The second-order valence-electron chi connectivity index (χ2n) is 6.65. The molecule has 27 heavy (non-hydrogen) atoms. The van der Waals surface area contributed by atoms with Gasteiger partial charge in [-0.2, -0.15) is 0 Å². The molecule has 0 spiro atoms. The first-order chi connectivity index (χ1) is 13.0. The molecule has 0 atom stereocenters. The van der Waals surface area contributed by atoms with Gasteiger partial charge in [0.15, 0.2) is 0 Å². The molecule has 2 aromatic heterocycles. The number of nitrogens with zero attached hydrogens (tertiary/aromatic N) is 4. The first kappa shape index (κ1) is 19.5. The smallest absolute Gasteiger partial charge is 0.214 e. The Labute approximate surface area is 168 Å². The minimum absolute atomic E-state index is 0.596. The van der Waals surface area contributed by atoms with E-state index in [0.717, 1.165) is 34.2 Å². The number of rotatable bonds is 8. The van der Waals surface area contributed by atoms with Gasteiger partial charge >= 0.3 is 0 Å². The Hall–Kier alpha value is -2.25. The Kier molecular flexibility index (Phi) is 6.58. The van der Waals surface area contributed by atoms with Gasteiger partial charge in [-0.25, -0.2) is 15.0 Å². The molecule has 0 saturated carbocycles. The maximum Gasteiger partial charge on any atom is 0.214 e. The van der Waals surface area contributed by atoms with E-state index in [-0.39, 0.29) is 0 Å². The predicted molar refractivity (Wildman–Crippen MR) is 112 cm³/mol. The molecule has 0 aliphatic carbocycles. The summed E-state index contributed by atoms with van der Waals surface area (Å²) in [5.41, 5.74) is 1.97. The molecule has 3 aromatic rings. The van der Waals surface area contributed by atoms with Crippen molar-refractivity contribution in [2.24, 2.45) is 0 Å². The summed E-state index contributed by atoms with van der Waals surface area (Å²) in [5.74, 6) is 2.10. The molecule has 1 aromatic carbocycles. The highest BCUT2D eigenvalue weighted by atomic mass is 79.9. The van der Waals surface area contributed by atoms with Gasteiger partial charge in [-0.05, 0) is 45.1 Å². The third kappa shape index (κ3) is 5.61. The number of benzene rings is 1. The van der Waals surface area contributed by atoms with E-state index in [2.05, 4.69) is 67.3 Å². The fourth-order valence-corrected chi connectivity index (χ4v) is 3.18. The maximum absolute atomic E-state index is 5.80. The van der Waals surface area contributed by atoms with Crippen LogP contribution in [0.5, 0.6) is 5.88 Å². The zero-order valence-electron chi connectivity index (χ0n) is 15.9. The number of halogens is 1. The lowest BCUT2D eigenvalue weighted by Crippen LogP contribution is -2.15. The summed E-state index contributed by atoms with van der Waals surface area (Å²) in [5, 5.41) is 4.33. The van der Waals surface area contributed by atoms with Crippen LogP contribution in [-0.2, 0) is 6.54 Å². The summed E-state index contributed by atoms with van der Waals surface area (Å²) in [6.07, 6.45) is 2.70. The molecule has 0 saturated heterocycles. The lowest BCUT2D eigenvalue weighted by atomic mass is 10.2. The van der Waals surface area contributed by atoms with Crippen molar-refractivity contribution in [2.45, 2.75) is 19.9 Å². The largest absolute Gasteiger partial charge is 0.478 e. The maximum atomic E-state index is 5.80. The number of ether oxygens (including phenoxy) is 1. The van der Waals surface area contributed by atoms with E-state index in [1.54, 1.807) is 6.20 Å². The number of fused-ring (bicyclic) bond motifs is 1. The highest BCUT2D eigenvalue weighted by Gasteiger charge is 2.09. The number of hydrogen-bond acceptors (Lipinski definition) is 6. The lowest BCUT2D eigenvalue weighted by Gasteiger charge is -2.12. The Bertz CT molecular complexity index is 916. The van der Waals surface area contributed by atoms with E-state index in [0.29, 0.717) is 24.9 Å². The van der Waals surface area contributed by atoms with Gasteiger partial charge in [0, 0.05) is 29.0 Å². The van der Waals surface area contributed by atoms with Crippen molar-refractivity contribution in [3.05, 3.63) is 52.4 Å². The molecule has 2 heterocycles. The molecule has 0 radical (unpaired) electrons.